The van der Waals surface area contributed by atoms with Crippen molar-refractivity contribution in [3.63, 3.8) is 0 Å². The van der Waals surface area contributed by atoms with Crippen LogP contribution in [0.25, 0.3) is 21.7 Å². The number of carbonyl (C=O) groups excluding carboxylic acids is 2. The third-order valence-corrected chi connectivity index (χ3v) is 5.52. The molecule has 1 amide bonds. The number of aromatic nitrogens is 1. The van der Waals surface area contributed by atoms with Crippen LogP contribution in [-0.4, -0.2) is 16.7 Å². The summed E-state index contributed by atoms with van der Waals surface area (Å²) in [5.41, 5.74) is 3.33. The Balaban J connectivity index is 1.49. The van der Waals surface area contributed by atoms with Gasteiger partial charge in [-0.25, -0.2) is 4.98 Å². The molecular formula is C28H20N2O2. The van der Waals surface area contributed by atoms with Gasteiger partial charge in [0.1, 0.15) is 5.69 Å². The van der Waals surface area contributed by atoms with E-state index in [1.165, 1.54) is 0 Å². The van der Waals surface area contributed by atoms with Crippen molar-refractivity contribution in [2.75, 3.05) is 5.32 Å². The summed E-state index contributed by atoms with van der Waals surface area (Å²) in [5, 5.41) is 5.82. The average Bonchev–Trinajstić information content (AvgIpc) is 2.84. The summed E-state index contributed by atoms with van der Waals surface area (Å²) in [5.74, 6) is -0.247. The smallest absolute Gasteiger partial charge is 0.274 e. The number of fused-ring (bicyclic) bond motifs is 2. The van der Waals surface area contributed by atoms with E-state index in [1.807, 2.05) is 97.1 Å². The van der Waals surface area contributed by atoms with Crippen molar-refractivity contribution >= 4 is 39.1 Å². The van der Waals surface area contributed by atoms with Gasteiger partial charge in [-0.3, -0.25) is 9.59 Å². The molecule has 0 saturated carbocycles. The highest BCUT2D eigenvalue weighted by atomic mass is 16.2. The van der Waals surface area contributed by atoms with E-state index in [0.29, 0.717) is 16.9 Å². The van der Waals surface area contributed by atoms with E-state index in [0.717, 1.165) is 27.2 Å². The van der Waals surface area contributed by atoms with Gasteiger partial charge in [0, 0.05) is 28.4 Å². The number of para-hydroxylation sites is 1. The van der Waals surface area contributed by atoms with Gasteiger partial charge in [-0.1, -0.05) is 84.9 Å². The van der Waals surface area contributed by atoms with Gasteiger partial charge >= 0.3 is 0 Å². The lowest BCUT2D eigenvalue weighted by molar-refractivity contribution is 0.0991. The van der Waals surface area contributed by atoms with E-state index >= 15 is 0 Å². The van der Waals surface area contributed by atoms with Gasteiger partial charge in [0.05, 0.1) is 5.52 Å². The molecule has 0 spiro atoms. The molecule has 0 atom stereocenters. The molecule has 0 fully saturated rings. The number of carbonyl (C=O) groups is 2. The van der Waals surface area contributed by atoms with Gasteiger partial charge in [-0.05, 0) is 29.1 Å². The summed E-state index contributed by atoms with van der Waals surface area (Å²) in [4.78, 5) is 30.4. The third-order valence-electron chi connectivity index (χ3n) is 5.52. The number of hydrogen-bond donors (Lipinski definition) is 1. The second kappa shape index (κ2) is 8.44. The van der Waals surface area contributed by atoms with Gasteiger partial charge in [0.25, 0.3) is 5.91 Å². The molecule has 4 heteroatoms. The molecule has 154 valence electrons. The minimum absolute atomic E-state index is 0.0374. The predicted molar refractivity (Wildman–Crippen MR) is 128 cm³/mol. The summed E-state index contributed by atoms with van der Waals surface area (Å²) in [6, 6.07) is 32.2. The van der Waals surface area contributed by atoms with Crippen molar-refractivity contribution < 1.29 is 9.59 Å². The van der Waals surface area contributed by atoms with Crippen molar-refractivity contribution in [3.8, 4) is 0 Å². The maximum absolute atomic E-state index is 13.0. The minimum atomic E-state index is -0.285. The lowest BCUT2D eigenvalue weighted by Crippen LogP contribution is -2.14. The molecule has 4 aromatic carbocycles. The molecule has 0 saturated heterocycles. The minimum Gasteiger partial charge on any atom is -0.320 e. The molecule has 5 rings (SSSR count). The summed E-state index contributed by atoms with van der Waals surface area (Å²) < 4.78 is 0. The first-order chi connectivity index (χ1) is 15.7. The van der Waals surface area contributed by atoms with Gasteiger partial charge in [-0.2, -0.15) is 0 Å². The first-order valence-electron chi connectivity index (χ1n) is 10.4. The van der Waals surface area contributed by atoms with Crippen molar-refractivity contribution in [1.82, 2.24) is 4.98 Å². The Morgan fingerprint density at radius 3 is 2.25 bits per heavy atom. The summed E-state index contributed by atoms with van der Waals surface area (Å²) in [6.45, 7) is 0. The molecule has 5 aromatic rings. The van der Waals surface area contributed by atoms with Crippen LogP contribution in [0, 0.1) is 0 Å². The SMILES string of the molecule is O=C(Cc1cccc2cccc(NC(=O)c3ccc4ccccc4n3)c12)c1ccccc1. The van der Waals surface area contributed by atoms with Crippen LogP contribution in [0.1, 0.15) is 26.4 Å². The Morgan fingerprint density at radius 1 is 0.688 bits per heavy atom. The van der Waals surface area contributed by atoms with Crippen molar-refractivity contribution in [3.05, 3.63) is 120 Å². The van der Waals surface area contributed by atoms with E-state index in [9.17, 15) is 9.59 Å². The molecule has 0 aliphatic heterocycles. The average molecular weight is 416 g/mol. The van der Waals surface area contributed by atoms with E-state index in [4.69, 9.17) is 0 Å². The van der Waals surface area contributed by atoms with Gasteiger partial charge < -0.3 is 5.32 Å². The number of rotatable bonds is 5. The maximum Gasteiger partial charge on any atom is 0.274 e. The van der Waals surface area contributed by atoms with Crippen LogP contribution in [0.4, 0.5) is 5.69 Å². The highest BCUT2D eigenvalue weighted by Crippen LogP contribution is 2.29. The Labute approximate surface area is 185 Å². The van der Waals surface area contributed by atoms with Crippen molar-refractivity contribution in [2.45, 2.75) is 6.42 Å². The van der Waals surface area contributed by atoms with Crippen molar-refractivity contribution in [1.29, 1.82) is 0 Å². The predicted octanol–water partition coefficient (Wildman–Crippen LogP) is 6.07. The van der Waals surface area contributed by atoms with Crippen LogP contribution in [0.2, 0.25) is 0 Å². The van der Waals surface area contributed by atoms with Gasteiger partial charge in [-0.15, -0.1) is 0 Å². The fourth-order valence-corrected chi connectivity index (χ4v) is 3.95. The lowest BCUT2D eigenvalue weighted by Gasteiger charge is -2.13. The highest BCUT2D eigenvalue weighted by Gasteiger charge is 2.15. The zero-order chi connectivity index (χ0) is 21.9. The van der Waals surface area contributed by atoms with E-state index in [1.54, 1.807) is 6.07 Å². The van der Waals surface area contributed by atoms with Crippen LogP contribution < -0.4 is 5.32 Å². The van der Waals surface area contributed by atoms with Gasteiger partial charge in [0.2, 0.25) is 0 Å². The topological polar surface area (TPSA) is 59.1 Å². The monoisotopic (exact) mass is 416 g/mol. The number of nitrogens with one attached hydrogen (secondary N) is 1. The lowest BCUT2D eigenvalue weighted by atomic mass is 9.96. The highest BCUT2D eigenvalue weighted by molar-refractivity contribution is 6.10. The molecule has 1 N–H and O–H groups in total. The fraction of sp³-hybridized carbons (Fsp3) is 0.0357. The standard InChI is InChI=1S/C28H20N2O2/c31-26(20-9-2-1-3-10-20)18-22-13-6-11-21-12-7-15-24(27(21)22)30-28(32)25-17-16-19-8-4-5-14-23(19)29-25/h1-17H,18H2,(H,30,32). The molecule has 0 aliphatic carbocycles. The zero-order valence-electron chi connectivity index (χ0n) is 17.3. The van der Waals surface area contributed by atoms with Crippen LogP contribution in [0.3, 0.4) is 0 Å². The Hall–Kier alpha value is -4.31. The molecule has 1 aromatic heterocycles. The molecule has 1 heterocycles. The number of Topliss-reactive ketones (excluding diaryl/α,β-unsaturated/α-hetero) is 1. The molecule has 32 heavy (non-hydrogen) atoms. The first-order valence-corrected chi connectivity index (χ1v) is 10.4. The number of amides is 1. The van der Waals surface area contributed by atoms with Crippen LogP contribution >= 0.6 is 0 Å². The number of anilines is 1. The van der Waals surface area contributed by atoms with E-state index < -0.39 is 0 Å². The second-order valence-corrected chi connectivity index (χ2v) is 7.63. The Bertz CT molecular complexity index is 1450. The zero-order valence-corrected chi connectivity index (χ0v) is 17.3. The number of hydrogen-bond acceptors (Lipinski definition) is 3. The molecule has 4 nitrogen and oxygen atoms in total. The first kappa shape index (κ1) is 19.6. The Kier molecular flexibility index (Phi) is 5.18. The largest absolute Gasteiger partial charge is 0.320 e. The van der Waals surface area contributed by atoms with E-state index in [2.05, 4.69) is 10.3 Å². The number of benzene rings is 4. The number of nitrogens with zero attached hydrogens (tertiary/aromatic N) is 1. The maximum atomic E-state index is 13.0. The molecule has 0 bridgehead atoms. The molecule has 0 radical (unpaired) electrons. The summed E-state index contributed by atoms with van der Waals surface area (Å²) >= 11 is 0. The fourth-order valence-electron chi connectivity index (χ4n) is 3.95. The third kappa shape index (κ3) is 3.86. The van der Waals surface area contributed by atoms with Crippen LogP contribution in [0.5, 0.6) is 0 Å². The quantitative estimate of drug-likeness (QED) is 0.354. The van der Waals surface area contributed by atoms with E-state index in [-0.39, 0.29) is 18.1 Å². The van der Waals surface area contributed by atoms with Gasteiger partial charge in [0.15, 0.2) is 5.78 Å². The molecule has 0 aliphatic rings. The molecule has 0 unspecified atom stereocenters. The number of ketones is 1. The van der Waals surface area contributed by atoms with Crippen LogP contribution in [-0.2, 0) is 6.42 Å². The van der Waals surface area contributed by atoms with Crippen molar-refractivity contribution in [2.24, 2.45) is 0 Å². The normalized spacial score (nSPS) is 10.9. The van der Waals surface area contributed by atoms with Crippen LogP contribution in [0.15, 0.2) is 103 Å². The second-order valence-electron chi connectivity index (χ2n) is 7.63. The summed E-state index contributed by atoms with van der Waals surface area (Å²) in [7, 11) is 0. The Morgan fingerprint density at radius 2 is 1.41 bits per heavy atom. The summed E-state index contributed by atoms with van der Waals surface area (Å²) in [6.07, 6.45) is 0.252. The molecular weight excluding hydrogens is 396 g/mol. The number of pyridine rings is 1.